The molecule has 132 valence electrons. The highest BCUT2D eigenvalue weighted by Gasteiger charge is 2.14. The Morgan fingerprint density at radius 2 is 1.69 bits per heavy atom. The summed E-state index contributed by atoms with van der Waals surface area (Å²) in [6, 6.07) is 11.5. The Morgan fingerprint density at radius 3 is 2.35 bits per heavy atom. The first kappa shape index (κ1) is 17.7. The molecule has 0 saturated heterocycles. The van der Waals surface area contributed by atoms with Gasteiger partial charge in [-0.2, -0.15) is 0 Å². The molecule has 0 N–H and O–H groups in total. The fourth-order valence-corrected chi connectivity index (χ4v) is 2.99. The van der Waals surface area contributed by atoms with E-state index in [-0.39, 0.29) is 17.5 Å². The van der Waals surface area contributed by atoms with Gasteiger partial charge in [0.1, 0.15) is 11.6 Å². The van der Waals surface area contributed by atoms with E-state index in [1.807, 2.05) is 32.0 Å². The number of para-hydroxylation sites is 1. The zero-order valence-corrected chi connectivity index (χ0v) is 14.4. The summed E-state index contributed by atoms with van der Waals surface area (Å²) in [6.07, 6.45) is 1.50. The van der Waals surface area contributed by atoms with Crippen molar-refractivity contribution in [2.45, 2.75) is 20.3 Å². The number of halogens is 2. The van der Waals surface area contributed by atoms with Crippen LogP contribution in [0.3, 0.4) is 0 Å². The van der Waals surface area contributed by atoms with Crippen molar-refractivity contribution < 1.29 is 13.6 Å². The number of rotatable bonds is 4. The third-order valence-electron chi connectivity index (χ3n) is 4.25. The first-order chi connectivity index (χ1) is 12.4. The second kappa shape index (κ2) is 7.04. The minimum absolute atomic E-state index is 0.0895. The van der Waals surface area contributed by atoms with Gasteiger partial charge in [0.25, 0.3) is 5.56 Å². The maximum Gasteiger partial charge on any atom is 0.255 e. The SMILES string of the molecule is Cc1cccc(C)c1-n1cc(CC(=O)c2ccc(F)cc2F)ccc1=O. The smallest absolute Gasteiger partial charge is 0.255 e. The monoisotopic (exact) mass is 353 g/mol. The largest absolute Gasteiger partial charge is 0.294 e. The van der Waals surface area contributed by atoms with E-state index in [2.05, 4.69) is 0 Å². The predicted molar refractivity (Wildman–Crippen MR) is 95.9 cm³/mol. The van der Waals surface area contributed by atoms with E-state index in [0.29, 0.717) is 11.6 Å². The zero-order valence-electron chi connectivity index (χ0n) is 14.4. The van der Waals surface area contributed by atoms with Gasteiger partial charge in [-0.25, -0.2) is 8.78 Å². The number of Topliss-reactive ketones (excluding diaryl/α,β-unsaturated/α-hetero) is 1. The molecular formula is C21H17F2NO2. The van der Waals surface area contributed by atoms with Crippen molar-refractivity contribution in [3.63, 3.8) is 0 Å². The van der Waals surface area contributed by atoms with E-state index in [1.54, 1.807) is 12.3 Å². The van der Waals surface area contributed by atoms with Gasteiger partial charge in [-0.05, 0) is 42.7 Å². The molecular weight excluding hydrogens is 336 g/mol. The van der Waals surface area contributed by atoms with Gasteiger partial charge in [-0.3, -0.25) is 14.2 Å². The van der Waals surface area contributed by atoms with Crippen LogP contribution in [0, 0.1) is 25.5 Å². The van der Waals surface area contributed by atoms with Gasteiger partial charge in [0.15, 0.2) is 5.78 Å². The summed E-state index contributed by atoms with van der Waals surface area (Å²) in [4.78, 5) is 24.7. The van der Waals surface area contributed by atoms with Crippen molar-refractivity contribution >= 4 is 5.78 Å². The van der Waals surface area contributed by atoms with E-state index < -0.39 is 17.4 Å². The number of nitrogens with zero attached hydrogens (tertiary/aromatic N) is 1. The molecule has 0 spiro atoms. The molecule has 0 amide bonds. The molecule has 0 radical (unpaired) electrons. The van der Waals surface area contributed by atoms with E-state index in [9.17, 15) is 18.4 Å². The van der Waals surface area contributed by atoms with Gasteiger partial charge in [-0.1, -0.05) is 24.3 Å². The number of aryl methyl sites for hydroxylation is 2. The van der Waals surface area contributed by atoms with Crippen LogP contribution in [-0.4, -0.2) is 10.4 Å². The quantitative estimate of drug-likeness (QED) is 0.661. The molecule has 0 atom stereocenters. The fraction of sp³-hybridized carbons (Fsp3) is 0.143. The standard InChI is InChI=1S/C21H17F2NO2/c1-13-4-3-5-14(2)21(13)24-12-15(6-9-20(24)26)10-19(25)17-8-7-16(22)11-18(17)23/h3-9,11-12H,10H2,1-2H3. The van der Waals surface area contributed by atoms with Gasteiger partial charge in [0, 0.05) is 24.8 Å². The summed E-state index contributed by atoms with van der Waals surface area (Å²) >= 11 is 0. The van der Waals surface area contributed by atoms with Crippen molar-refractivity contribution in [3.05, 3.63) is 99.0 Å². The maximum atomic E-state index is 13.8. The lowest BCUT2D eigenvalue weighted by Gasteiger charge is -2.13. The molecule has 3 nitrogen and oxygen atoms in total. The van der Waals surface area contributed by atoms with Crippen LogP contribution < -0.4 is 5.56 Å². The summed E-state index contributed by atoms with van der Waals surface area (Å²) in [7, 11) is 0. The van der Waals surface area contributed by atoms with Crippen molar-refractivity contribution in [2.24, 2.45) is 0 Å². The number of hydrogen-bond donors (Lipinski definition) is 0. The van der Waals surface area contributed by atoms with Gasteiger partial charge in [0.2, 0.25) is 0 Å². The normalized spacial score (nSPS) is 10.8. The number of ketones is 1. The third-order valence-corrected chi connectivity index (χ3v) is 4.25. The molecule has 1 heterocycles. The molecule has 0 fully saturated rings. The van der Waals surface area contributed by atoms with E-state index in [4.69, 9.17) is 0 Å². The Bertz CT molecular complexity index is 1030. The predicted octanol–water partition coefficient (Wildman–Crippen LogP) is 4.16. The lowest BCUT2D eigenvalue weighted by Crippen LogP contribution is -2.20. The number of carbonyl (C=O) groups is 1. The zero-order chi connectivity index (χ0) is 18.8. The Labute approximate surface area is 149 Å². The van der Waals surface area contributed by atoms with Gasteiger partial charge >= 0.3 is 0 Å². The number of benzene rings is 2. The van der Waals surface area contributed by atoms with Crippen molar-refractivity contribution in [3.8, 4) is 5.69 Å². The summed E-state index contributed by atoms with van der Waals surface area (Å²) in [5.41, 5.74) is 2.81. The first-order valence-electron chi connectivity index (χ1n) is 8.13. The molecule has 5 heteroatoms. The number of pyridine rings is 1. The summed E-state index contributed by atoms with van der Waals surface area (Å²) < 4.78 is 28.3. The molecule has 0 aliphatic rings. The highest BCUT2D eigenvalue weighted by Crippen LogP contribution is 2.18. The highest BCUT2D eigenvalue weighted by atomic mass is 19.1. The Balaban J connectivity index is 1.98. The lowest BCUT2D eigenvalue weighted by atomic mass is 10.0. The molecule has 3 aromatic rings. The lowest BCUT2D eigenvalue weighted by molar-refractivity contribution is 0.0989. The molecule has 0 unspecified atom stereocenters. The summed E-state index contributed by atoms with van der Waals surface area (Å²) in [5, 5.41) is 0. The van der Waals surface area contributed by atoms with Crippen LogP contribution in [0.5, 0.6) is 0 Å². The van der Waals surface area contributed by atoms with E-state index in [0.717, 1.165) is 28.9 Å². The number of aromatic nitrogens is 1. The Morgan fingerprint density at radius 1 is 1.00 bits per heavy atom. The van der Waals surface area contributed by atoms with Crippen LogP contribution in [0.4, 0.5) is 8.78 Å². The maximum absolute atomic E-state index is 13.8. The van der Waals surface area contributed by atoms with Crippen molar-refractivity contribution in [1.29, 1.82) is 0 Å². The molecule has 2 aromatic carbocycles. The number of hydrogen-bond acceptors (Lipinski definition) is 2. The van der Waals surface area contributed by atoms with E-state index in [1.165, 1.54) is 10.6 Å². The minimum Gasteiger partial charge on any atom is -0.294 e. The van der Waals surface area contributed by atoms with Gasteiger partial charge in [0.05, 0.1) is 11.3 Å². The average Bonchev–Trinajstić information content (AvgIpc) is 2.57. The molecule has 0 saturated carbocycles. The second-order valence-corrected chi connectivity index (χ2v) is 6.21. The fourth-order valence-electron chi connectivity index (χ4n) is 2.99. The molecule has 3 rings (SSSR count). The third kappa shape index (κ3) is 3.47. The van der Waals surface area contributed by atoms with Crippen molar-refractivity contribution in [1.82, 2.24) is 4.57 Å². The number of carbonyl (C=O) groups excluding carboxylic acids is 1. The van der Waals surface area contributed by atoms with Gasteiger partial charge < -0.3 is 0 Å². The molecule has 0 bridgehead atoms. The molecule has 26 heavy (non-hydrogen) atoms. The van der Waals surface area contributed by atoms with Crippen LogP contribution in [0.25, 0.3) is 5.69 Å². The summed E-state index contributed by atoms with van der Waals surface area (Å²) in [5.74, 6) is -2.10. The Hall–Kier alpha value is -3.08. The topological polar surface area (TPSA) is 39.1 Å². The van der Waals surface area contributed by atoms with Crippen LogP contribution in [-0.2, 0) is 6.42 Å². The summed E-state index contributed by atoms with van der Waals surface area (Å²) in [6.45, 7) is 3.81. The van der Waals surface area contributed by atoms with Crippen LogP contribution in [0.15, 0.2) is 59.5 Å². The highest BCUT2D eigenvalue weighted by molar-refractivity contribution is 5.97. The van der Waals surface area contributed by atoms with Crippen molar-refractivity contribution in [2.75, 3.05) is 0 Å². The first-order valence-corrected chi connectivity index (χ1v) is 8.13. The van der Waals surface area contributed by atoms with Gasteiger partial charge in [-0.15, -0.1) is 0 Å². The molecule has 1 aromatic heterocycles. The second-order valence-electron chi connectivity index (χ2n) is 6.21. The average molecular weight is 353 g/mol. The Kier molecular flexibility index (Phi) is 4.80. The van der Waals surface area contributed by atoms with Crippen LogP contribution >= 0.6 is 0 Å². The van der Waals surface area contributed by atoms with Crippen LogP contribution in [0.2, 0.25) is 0 Å². The molecule has 0 aliphatic heterocycles. The van der Waals surface area contributed by atoms with E-state index >= 15 is 0 Å². The minimum atomic E-state index is -0.891. The van der Waals surface area contributed by atoms with Crippen LogP contribution in [0.1, 0.15) is 27.0 Å². The molecule has 0 aliphatic carbocycles.